The number of nitrogens with zero attached hydrogens (tertiary/aromatic N) is 2. The van der Waals surface area contributed by atoms with Crippen molar-refractivity contribution in [1.82, 2.24) is 9.71 Å². The van der Waals surface area contributed by atoms with E-state index >= 15 is 0 Å². The van der Waals surface area contributed by atoms with Gasteiger partial charge in [-0.1, -0.05) is 13.8 Å². The lowest BCUT2D eigenvalue weighted by molar-refractivity contribution is -0.137. The molecule has 3 fully saturated rings. The maximum absolute atomic E-state index is 13.0. The van der Waals surface area contributed by atoms with Crippen LogP contribution in [0, 0.1) is 16.7 Å². The Bertz CT molecular complexity index is 954. The maximum atomic E-state index is 13.0. The second kappa shape index (κ2) is 7.43. The third-order valence-corrected chi connectivity index (χ3v) is 9.38. The van der Waals surface area contributed by atoms with Crippen molar-refractivity contribution in [2.75, 3.05) is 23.7 Å². The maximum Gasteiger partial charge on any atom is 0.417 e. The van der Waals surface area contributed by atoms with Gasteiger partial charge in [0.05, 0.1) is 11.3 Å². The number of alkyl halides is 3. The fourth-order valence-corrected chi connectivity index (χ4v) is 7.85. The van der Waals surface area contributed by atoms with E-state index in [0.717, 1.165) is 18.7 Å². The highest BCUT2D eigenvalue weighted by Gasteiger charge is 2.65. The summed E-state index contributed by atoms with van der Waals surface area (Å²) in [5.41, 5.74) is -1.90. The number of fused-ring (bicyclic) bond motifs is 2. The van der Waals surface area contributed by atoms with Crippen LogP contribution in [0.15, 0.2) is 18.3 Å². The minimum atomic E-state index is -4.43. The van der Waals surface area contributed by atoms with Crippen LogP contribution in [-0.2, 0) is 21.0 Å². The number of hydrogen-bond donors (Lipinski definition) is 1. The SMILES string of the molecule is CC1(C)[C@@H]2CC[C@@]1(CS(=O)(=O)NC1CCN(c3ccc(C(F)(F)F)cn3)CC1)C(=O)C2. The van der Waals surface area contributed by atoms with Gasteiger partial charge in [-0.15, -0.1) is 0 Å². The highest BCUT2D eigenvalue weighted by molar-refractivity contribution is 7.89. The van der Waals surface area contributed by atoms with E-state index in [2.05, 4.69) is 9.71 Å². The first-order chi connectivity index (χ1) is 14.3. The molecule has 1 aliphatic heterocycles. The first-order valence-electron chi connectivity index (χ1n) is 10.7. The fourth-order valence-electron chi connectivity index (χ4n) is 5.70. The Morgan fingerprint density at radius 3 is 2.35 bits per heavy atom. The Morgan fingerprint density at radius 1 is 1.19 bits per heavy atom. The van der Waals surface area contributed by atoms with Crippen molar-refractivity contribution >= 4 is 21.6 Å². The van der Waals surface area contributed by atoms with E-state index in [1.807, 2.05) is 18.7 Å². The number of carbonyl (C=O) groups is 1. The fraction of sp³-hybridized carbons (Fsp3) is 0.714. The number of pyridine rings is 1. The molecule has 4 rings (SSSR count). The second-order valence-electron chi connectivity index (χ2n) is 9.71. The lowest BCUT2D eigenvalue weighted by Crippen LogP contribution is -2.50. The third-order valence-electron chi connectivity index (χ3n) is 7.82. The lowest BCUT2D eigenvalue weighted by Gasteiger charge is -2.37. The average molecular weight is 460 g/mol. The van der Waals surface area contributed by atoms with Gasteiger partial charge in [-0.25, -0.2) is 18.1 Å². The van der Waals surface area contributed by atoms with Crippen LogP contribution >= 0.6 is 0 Å². The van der Waals surface area contributed by atoms with Gasteiger partial charge in [0.2, 0.25) is 10.0 Å². The van der Waals surface area contributed by atoms with Crippen LogP contribution in [0.2, 0.25) is 0 Å². The summed E-state index contributed by atoms with van der Waals surface area (Å²) in [7, 11) is -3.65. The Kier molecular flexibility index (Phi) is 5.40. The van der Waals surface area contributed by atoms with E-state index in [9.17, 15) is 26.4 Å². The summed E-state index contributed by atoms with van der Waals surface area (Å²) in [6, 6.07) is 2.09. The Hall–Kier alpha value is -1.68. The minimum absolute atomic E-state index is 0.0716. The van der Waals surface area contributed by atoms with Crippen LogP contribution in [0.5, 0.6) is 0 Å². The van der Waals surface area contributed by atoms with E-state index in [0.29, 0.717) is 44.6 Å². The number of piperidine rings is 1. The van der Waals surface area contributed by atoms with Gasteiger partial charge in [-0.2, -0.15) is 13.2 Å². The van der Waals surface area contributed by atoms with Gasteiger partial charge in [0.15, 0.2) is 0 Å². The smallest absolute Gasteiger partial charge is 0.357 e. The average Bonchev–Trinajstić information content (AvgIpc) is 3.01. The number of carbonyl (C=O) groups excluding carboxylic acids is 1. The number of ketones is 1. The predicted octanol–water partition coefficient (Wildman–Crippen LogP) is 3.38. The Morgan fingerprint density at radius 2 is 1.87 bits per heavy atom. The number of anilines is 1. The molecule has 2 heterocycles. The zero-order chi connectivity index (χ0) is 22.7. The van der Waals surface area contributed by atoms with Crippen molar-refractivity contribution in [2.45, 2.75) is 58.2 Å². The largest absolute Gasteiger partial charge is 0.417 e. The molecule has 0 radical (unpaired) electrons. The third kappa shape index (κ3) is 3.97. The van der Waals surface area contributed by atoms with Gasteiger partial charge in [-0.05, 0) is 49.1 Å². The van der Waals surface area contributed by atoms with Crippen LogP contribution in [0.4, 0.5) is 19.0 Å². The molecule has 1 N–H and O–H groups in total. The molecule has 2 atom stereocenters. The molecule has 1 aromatic heterocycles. The van der Waals surface area contributed by atoms with Crippen molar-refractivity contribution in [3.8, 4) is 0 Å². The standard InChI is InChI=1S/C21H28F3N3O3S/c1-19(2)14-5-8-20(19,17(28)11-14)13-31(29,30)26-16-6-9-27(10-7-16)18-4-3-15(12-25-18)21(22,23)24/h3-4,12,14,16,26H,5-11,13H2,1-2H3/t14-,20-/m1/s1. The molecule has 0 amide bonds. The minimum Gasteiger partial charge on any atom is -0.357 e. The second-order valence-corrected chi connectivity index (χ2v) is 11.5. The highest BCUT2D eigenvalue weighted by Crippen LogP contribution is 2.64. The predicted molar refractivity (Wildman–Crippen MR) is 110 cm³/mol. The first-order valence-corrected chi connectivity index (χ1v) is 12.3. The van der Waals surface area contributed by atoms with E-state index in [4.69, 9.17) is 0 Å². The van der Waals surface area contributed by atoms with Crippen molar-refractivity contribution in [1.29, 1.82) is 0 Å². The summed E-state index contributed by atoms with van der Waals surface area (Å²) in [6.45, 7) is 5.01. The monoisotopic (exact) mass is 459 g/mol. The molecule has 1 saturated heterocycles. The summed E-state index contributed by atoms with van der Waals surface area (Å²) in [5.74, 6) is 0.615. The van der Waals surface area contributed by atoms with Crippen LogP contribution in [0.25, 0.3) is 0 Å². The Labute approximate surface area is 180 Å². The van der Waals surface area contributed by atoms with Gasteiger partial charge >= 0.3 is 6.18 Å². The highest BCUT2D eigenvalue weighted by atomic mass is 32.2. The summed E-state index contributed by atoms with van der Waals surface area (Å²) < 4.78 is 66.8. The van der Waals surface area contributed by atoms with Gasteiger partial charge < -0.3 is 4.90 Å². The van der Waals surface area contributed by atoms with Gasteiger partial charge in [-0.3, -0.25) is 4.79 Å². The van der Waals surface area contributed by atoms with Gasteiger partial charge in [0.1, 0.15) is 11.6 Å². The number of rotatable bonds is 5. The van der Waals surface area contributed by atoms with Crippen molar-refractivity contribution in [2.24, 2.45) is 16.7 Å². The van der Waals surface area contributed by atoms with Gasteiger partial charge in [0.25, 0.3) is 0 Å². The van der Waals surface area contributed by atoms with E-state index in [1.165, 1.54) is 6.07 Å². The summed E-state index contributed by atoms with van der Waals surface area (Å²) >= 11 is 0. The molecule has 0 unspecified atom stereocenters. The van der Waals surface area contributed by atoms with E-state index in [1.54, 1.807) is 0 Å². The van der Waals surface area contributed by atoms with Crippen molar-refractivity contribution in [3.63, 3.8) is 0 Å². The van der Waals surface area contributed by atoms with Crippen LogP contribution in [-0.4, -0.2) is 44.1 Å². The van der Waals surface area contributed by atoms with Gasteiger partial charge in [0, 0.05) is 37.2 Å². The number of hydrogen-bond acceptors (Lipinski definition) is 5. The van der Waals surface area contributed by atoms with Crippen LogP contribution in [0.1, 0.15) is 51.5 Å². The molecular weight excluding hydrogens is 431 g/mol. The number of Topliss-reactive ketones (excluding diaryl/α,β-unsaturated/α-hetero) is 1. The van der Waals surface area contributed by atoms with Crippen LogP contribution in [0.3, 0.4) is 0 Å². The zero-order valence-corrected chi connectivity index (χ0v) is 18.5. The quantitative estimate of drug-likeness (QED) is 0.730. The topological polar surface area (TPSA) is 79.4 Å². The molecule has 0 spiro atoms. The molecule has 172 valence electrons. The molecular formula is C21H28F3N3O3S. The number of sulfonamides is 1. The normalized spacial score (nSPS) is 29.0. The summed E-state index contributed by atoms with van der Waals surface area (Å²) in [4.78, 5) is 18.4. The molecule has 6 nitrogen and oxygen atoms in total. The molecule has 10 heteroatoms. The Balaban J connectivity index is 1.36. The zero-order valence-electron chi connectivity index (χ0n) is 17.7. The molecule has 1 aromatic rings. The van der Waals surface area contributed by atoms with Crippen molar-refractivity contribution < 1.29 is 26.4 Å². The lowest BCUT2D eigenvalue weighted by atomic mass is 9.70. The molecule has 31 heavy (non-hydrogen) atoms. The molecule has 2 saturated carbocycles. The number of aromatic nitrogens is 1. The number of halogens is 3. The first kappa shape index (κ1) is 22.5. The molecule has 0 aromatic carbocycles. The molecule has 3 aliphatic rings. The van der Waals surface area contributed by atoms with Crippen molar-refractivity contribution in [3.05, 3.63) is 23.9 Å². The summed E-state index contributed by atoms with van der Waals surface area (Å²) in [6.07, 6.45) is -0.566. The molecule has 2 aliphatic carbocycles. The van der Waals surface area contributed by atoms with Crippen LogP contribution < -0.4 is 9.62 Å². The van der Waals surface area contributed by atoms with E-state index in [-0.39, 0.29) is 28.9 Å². The molecule has 2 bridgehead atoms. The number of nitrogens with one attached hydrogen (secondary N) is 1. The van der Waals surface area contributed by atoms with E-state index < -0.39 is 27.2 Å². The summed E-state index contributed by atoms with van der Waals surface area (Å²) in [5, 5.41) is 0.